The van der Waals surface area contributed by atoms with Crippen LogP contribution in [0.3, 0.4) is 0 Å². The molecule has 3 rings (SSSR count). The van der Waals surface area contributed by atoms with E-state index in [-0.39, 0.29) is 36.9 Å². The van der Waals surface area contributed by atoms with Gasteiger partial charge in [0, 0.05) is 41.5 Å². The summed E-state index contributed by atoms with van der Waals surface area (Å²) in [5.41, 5.74) is 3.08. The Balaban J connectivity index is 1.49. The highest BCUT2D eigenvalue weighted by atomic mass is 35.5. The normalized spacial score (nSPS) is 16.4. The van der Waals surface area contributed by atoms with Crippen LogP contribution in [-0.2, 0) is 23.8 Å². The van der Waals surface area contributed by atoms with E-state index in [2.05, 4.69) is 10.6 Å². The third-order valence-corrected chi connectivity index (χ3v) is 6.45. The van der Waals surface area contributed by atoms with Crippen LogP contribution in [0.2, 0.25) is 5.02 Å². The summed E-state index contributed by atoms with van der Waals surface area (Å²) in [4.78, 5) is 37.4. The fourth-order valence-electron chi connectivity index (χ4n) is 4.41. The Morgan fingerprint density at radius 3 is 2.26 bits per heavy atom. The first-order valence-corrected chi connectivity index (χ1v) is 13.3. The minimum atomic E-state index is -0.896. The van der Waals surface area contributed by atoms with Gasteiger partial charge < -0.3 is 34.9 Å². The van der Waals surface area contributed by atoms with Crippen molar-refractivity contribution in [2.75, 3.05) is 56.4 Å². The first-order valence-electron chi connectivity index (χ1n) is 13.0. The molecule has 2 unspecified atom stereocenters. The van der Waals surface area contributed by atoms with Gasteiger partial charge in [-0.3, -0.25) is 14.4 Å². The molecule has 10 nitrogen and oxygen atoms in total. The lowest BCUT2D eigenvalue weighted by molar-refractivity contribution is -0.138. The van der Waals surface area contributed by atoms with Crippen LogP contribution in [0.5, 0.6) is 0 Å². The summed E-state index contributed by atoms with van der Waals surface area (Å²) in [6, 6.07) is 12.7. The summed E-state index contributed by atoms with van der Waals surface area (Å²) in [6.45, 7) is 5.79. The van der Waals surface area contributed by atoms with Gasteiger partial charge in [-0.1, -0.05) is 11.6 Å². The Bertz CT molecular complexity index is 1110. The van der Waals surface area contributed by atoms with Gasteiger partial charge in [-0.2, -0.15) is 0 Å². The Labute approximate surface area is 233 Å². The van der Waals surface area contributed by atoms with Crippen LogP contribution in [0.25, 0.3) is 0 Å². The molecule has 0 radical (unpaired) electrons. The van der Waals surface area contributed by atoms with E-state index in [1.165, 1.54) is 0 Å². The molecular formula is C28H36ClN3O7. The molecule has 1 heterocycles. The number of carboxylic acids is 1. The second kappa shape index (κ2) is 15.4. The number of halogens is 1. The van der Waals surface area contributed by atoms with Crippen molar-refractivity contribution in [2.45, 2.75) is 38.8 Å². The van der Waals surface area contributed by atoms with Gasteiger partial charge in [0.1, 0.15) is 0 Å². The van der Waals surface area contributed by atoms with Crippen molar-refractivity contribution in [3.8, 4) is 0 Å². The van der Waals surface area contributed by atoms with Crippen LogP contribution in [0.4, 0.5) is 11.4 Å². The number of nitrogens with zero attached hydrogens (tertiary/aromatic N) is 1. The lowest BCUT2D eigenvalue weighted by Gasteiger charge is -2.39. The van der Waals surface area contributed by atoms with Crippen molar-refractivity contribution in [1.29, 1.82) is 0 Å². The van der Waals surface area contributed by atoms with E-state index in [4.69, 9.17) is 30.9 Å². The van der Waals surface area contributed by atoms with Crippen molar-refractivity contribution in [3.05, 3.63) is 58.6 Å². The lowest BCUT2D eigenvalue weighted by atomic mass is 9.90. The fraction of sp³-hybridized carbons (Fsp3) is 0.464. The van der Waals surface area contributed by atoms with Crippen molar-refractivity contribution in [3.63, 3.8) is 0 Å². The second-order valence-corrected chi connectivity index (χ2v) is 9.62. The molecule has 2 aromatic rings. The molecule has 0 aromatic heterocycles. The molecule has 0 saturated carbocycles. The molecule has 11 heteroatoms. The summed E-state index contributed by atoms with van der Waals surface area (Å²) in [7, 11) is 0. The monoisotopic (exact) mass is 561 g/mol. The minimum Gasteiger partial charge on any atom is -0.481 e. The van der Waals surface area contributed by atoms with Gasteiger partial charge in [-0.15, -0.1) is 0 Å². The summed E-state index contributed by atoms with van der Waals surface area (Å²) >= 11 is 6.03. The van der Waals surface area contributed by atoms with Gasteiger partial charge in [-0.25, -0.2) is 0 Å². The maximum Gasteiger partial charge on any atom is 0.305 e. The van der Waals surface area contributed by atoms with Crippen LogP contribution in [0.1, 0.15) is 48.7 Å². The van der Waals surface area contributed by atoms with Crippen molar-refractivity contribution >= 4 is 40.8 Å². The molecule has 0 saturated heterocycles. The number of amides is 2. The van der Waals surface area contributed by atoms with E-state index in [0.717, 1.165) is 16.9 Å². The number of rotatable bonds is 15. The quantitative estimate of drug-likeness (QED) is 0.280. The third kappa shape index (κ3) is 9.50. The molecular weight excluding hydrogens is 526 g/mol. The van der Waals surface area contributed by atoms with E-state index in [9.17, 15) is 14.4 Å². The smallest absolute Gasteiger partial charge is 0.305 e. The van der Waals surface area contributed by atoms with E-state index in [0.29, 0.717) is 56.6 Å². The number of hydrogen-bond donors (Lipinski definition) is 3. The van der Waals surface area contributed by atoms with Crippen molar-refractivity contribution in [2.24, 2.45) is 0 Å². The largest absolute Gasteiger partial charge is 0.481 e. The Morgan fingerprint density at radius 2 is 1.62 bits per heavy atom. The number of nitrogens with one attached hydrogen (secondary N) is 2. The van der Waals surface area contributed by atoms with E-state index < -0.39 is 5.97 Å². The molecule has 1 aliphatic rings. The zero-order chi connectivity index (χ0) is 28.2. The third-order valence-electron chi connectivity index (χ3n) is 6.20. The molecule has 212 valence electrons. The first-order chi connectivity index (χ1) is 18.8. The summed E-state index contributed by atoms with van der Waals surface area (Å²) in [6.07, 6.45) is 0.655. The zero-order valence-corrected chi connectivity index (χ0v) is 23.0. The highest BCUT2D eigenvalue weighted by molar-refractivity contribution is 6.30. The van der Waals surface area contributed by atoms with Crippen molar-refractivity contribution in [1.82, 2.24) is 5.32 Å². The van der Waals surface area contributed by atoms with E-state index >= 15 is 0 Å². The van der Waals surface area contributed by atoms with E-state index in [1.54, 1.807) is 17.9 Å². The van der Waals surface area contributed by atoms with Gasteiger partial charge >= 0.3 is 5.97 Å². The molecule has 2 amide bonds. The highest BCUT2D eigenvalue weighted by Gasteiger charge is 2.33. The van der Waals surface area contributed by atoms with E-state index in [1.807, 2.05) is 43.3 Å². The number of aliphatic carboxylic acids is 1. The van der Waals surface area contributed by atoms with Crippen LogP contribution in [-0.4, -0.2) is 75.1 Å². The SMILES string of the molecule is CC(=O)N1c2ccc(C(=O)NCCOCCOCCOCCC(=O)O)cc2C(Nc2ccc(Cl)cc2)CC1C. The maximum absolute atomic E-state index is 12.9. The predicted molar refractivity (Wildman–Crippen MR) is 149 cm³/mol. The molecule has 0 fully saturated rings. The van der Waals surface area contributed by atoms with Gasteiger partial charge in [-0.05, 0) is 61.4 Å². The molecule has 1 aliphatic heterocycles. The Morgan fingerprint density at radius 1 is 0.974 bits per heavy atom. The average molecular weight is 562 g/mol. The standard InChI is InChI=1S/C28H36ClN3O7/c1-19-17-25(31-23-6-4-22(29)5-7-23)24-18-21(3-8-26(24)32(19)20(2)33)28(36)30-10-12-38-14-16-39-15-13-37-11-9-27(34)35/h3-8,18-19,25,31H,9-17H2,1-2H3,(H,30,36)(H,34,35). The predicted octanol–water partition coefficient (Wildman–Crippen LogP) is 3.89. The maximum atomic E-state index is 12.9. The Kier molecular flexibility index (Phi) is 12.0. The molecule has 0 bridgehead atoms. The number of carboxylic acid groups (broad SMARTS) is 1. The minimum absolute atomic E-state index is 0.00920. The van der Waals surface area contributed by atoms with Gasteiger partial charge in [0.05, 0.1) is 52.1 Å². The molecule has 39 heavy (non-hydrogen) atoms. The first kappa shape index (κ1) is 30.4. The molecule has 0 spiro atoms. The lowest BCUT2D eigenvalue weighted by Crippen LogP contribution is -2.43. The highest BCUT2D eigenvalue weighted by Crippen LogP contribution is 2.39. The number of carbonyl (C=O) groups is 3. The average Bonchev–Trinajstić information content (AvgIpc) is 2.89. The molecule has 3 N–H and O–H groups in total. The number of anilines is 2. The fourth-order valence-corrected chi connectivity index (χ4v) is 4.54. The number of carbonyl (C=O) groups excluding carboxylic acids is 2. The Hall–Kier alpha value is -3.18. The second-order valence-electron chi connectivity index (χ2n) is 9.19. The number of hydrogen-bond acceptors (Lipinski definition) is 7. The van der Waals surface area contributed by atoms with Gasteiger partial charge in [0.15, 0.2) is 0 Å². The van der Waals surface area contributed by atoms with Gasteiger partial charge in [0.2, 0.25) is 5.91 Å². The summed E-state index contributed by atoms with van der Waals surface area (Å²) in [5, 5.41) is 15.6. The summed E-state index contributed by atoms with van der Waals surface area (Å²) in [5.74, 6) is -1.17. The molecule has 2 aromatic carbocycles. The number of benzene rings is 2. The summed E-state index contributed by atoms with van der Waals surface area (Å²) < 4.78 is 16.0. The van der Waals surface area contributed by atoms with Crippen LogP contribution in [0.15, 0.2) is 42.5 Å². The topological polar surface area (TPSA) is 126 Å². The van der Waals surface area contributed by atoms with Crippen molar-refractivity contribution < 1.29 is 33.7 Å². The number of fused-ring (bicyclic) bond motifs is 1. The molecule has 2 atom stereocenters. The number of ether oxygens (including phenoxy) is 3. The van der Waals surface area contributed by atoms with Gasteiger partial charge in [0.25, 0.3) is 5.91 Å². The van der Waals surface area contributed by atoms with Crippen LogP contribution >= 0.6 is 11.6 Å². The van der Waals surface area contributed by atoms with Crippen LogP contribution < -0.4 is 15.5 Å². The zero-order valence-electron chi connectivity index (χ0n) is 22.3. The van der Waals surface area contributed by atoms with Crippen LogP contribution in [0, 0.1) is 0 Å². The molecule has 0 aliphatic carbocycles.